The van der Waals surface area contributed by atoms with Crippen molar-refractivity contribution in [2.24, 2.45) is 0 Å². The molecule has 0 spiro atoms. The van der Waals surface area contributed by atoms with Gasteiger partial charge in [0.25, 0.3) is 0 Å². The molecule has 0 saturated carbocycles. The summed E-state index contributed by atoms with van der Waals surface area (Å²) < 4.78 is 29.6. The Labute approximate surface area is 195 Å². The van der Waals surface area contributed by atoms with Crippen LogP contribution in [0.1, 0.15) is 39.0 Å². The summed E-state index contributed by atoms with van der Waals surface area (Å²) >= 11 is 0. The maximum atomic E-state index is 13.8. The topological polar surface area (TPSA) is 63.2 Å². The zero-order chi connectivity index (χ0) is 23.3. The summed E-state index contributed by atoms with van der Waals surface area (Å²) in [6, 6.07) is 33.4. The summed E-state index contributed by atoms with van der Waals surface area (Å²) in [5, 5.41) is 0. The molecular formula is C28H25NO3S. The lowest BCUT2D eigenvalue weighted by molar-refractivity contribution is 0.0944. The quantitative estimate of drug-likeness (QED) is 0.348. The highest BCUT2D eigenvalue weighted by Crippen LogP contribution is 2.35. The smallest absolute Gasteiger partial charge is 0.241 e. The lowest BCUT2D eigenvalue weighted by Gasteiger charge is -2.28. The predicted octanol–water partition coefficient (Wildman–Crippen LogP) is 5.68. The standard InChI is InChI=1S/C28H25NO3S/c1-21-17-19-25(20-18-21)33(31,32)29-27(23-13-7-3-8-14-23)26(22-11-5-2-6-12-22)28(30)24-15-9-4-10-16-24/h2-20,26-27,29H,1H3/t26-,27+/m0/s1. The Morgan fingerprint density at radius 1 is 0.667 bits per heavy atom. The normalized spacial score (nSPS) is 13.2. The molecule has 33 heavy (non-hydrogen) atoms. The minimum absolute atomic E-state index is 0.151. The molecule has 0 aliphatic carbocycles. The van der Waals surface area contributed by atoms with Crippen molar-refractivity contribution < 1.29 is 13.2 Å². The third-order valence-corrected chi connectivity index (χ3v) is 7.06. The van der Waals surface area contributed by atoms with Crippen molar-refractivity contribution in [3.8, 4) is 0 Å². The molecule has 0 amide bonds. The fourth-order valence-electron chi connectivity index (χ4n) is 3.88. The first-order valence-electron chi connectivity index (χ1n) is 10.7. The number of rotatable bonds is 8. The lowest BCUT2D eigenvalue weighted by Crippen LogP contribution is -2.35. The first-order valence-corrected chi connectivity index (χ1v) is 12.2. The second-order valence-electron chi connectivity index (χ2n) is 7.94. The molecule has 0 saturated heterocycles. The molecule has 4 aromatic rings. The van der Waals surface area contributed by atoms with Gasteiger partial charge in [-0.25, -0.2) is 13.1 Å². The molecule has 4 nitrogen and oxygen atoms in total. The van der Waals surface area contributed by atoms with Crippen LogP contribution >= 0.6 is 0 Å². The third-order valence-electron chi connectivity index (χ3n) is 5.60. The zero-order valence-electron chi connectivity index (χ0n) is 18.3. The molecule has 0 aromatic heterocycles. The highest BCUT2D eigenvalue weighted by Gasteiger charge is 2.35. The summed E-state index contributed by atoms with van der Waals surface area (Å²) in [6.45, 7) is 1.90. The van der Waals surface area contributed by atoms with E-state index in [4.69, 9.17) is 0 Å². The van der Waals surface area contributed by atoms with E-state index in [1.54, 1.807) is 36.4 Å². The van der Waals surface area contributed by atoms with Crippen molar-refractivity contribution in [1.82, 2.24) is 4.72 Å². The van der Waals surface area contributed by atoms with Crippen molar-refractivity contribution in [2.45, 2.75) is 23.8 Å². The van der Waals surface area contributed by atoms with Gasteiger partial charge >= 0.3 is 0 Å². The Bertz CT molecular complexity index is 1300. The van der Waals surface area contributed by atoms with E-state index < -0.39 is 22.0 Å². The van der Waals surface area contributed by atoms with Crippen LogP contribution in [0.25, 0.3) is 0 Å². The molecule has 4 rings (SSSR count). The molecule has 0 aliphatic heterocycles. The van der Waals surface area contributed by atoms with Gasteiger partial charge < -0.3 is 0 Å². The second-order valence-corrected chi connectivity index (χ2v) is 9.66. The Morgan fingerprint density at radius 3 is 1.70 bits per heavy atom. The molecule has 0 aliphatic rings. The summed E-state index contributed by atoms with van der Waals surface area (Å²) in [5.74, 6) is -0.904. The van der Waals surface area contributed by atoms with Crippen molar-refractivity contribution >= 4 is 15.8 Å². The van der Waals surface area contributed by atoms with Crippen LogP contribution in [0.4, 0.5) is 0 Å². The average molecular weight is 456 g/mol. The van der Waals surface area contributed by atoms with Crippen LogP contribution < -0.4 is 4.72 Å². The van der Waals surface area contributed by atoms with Crippen LogP contribution in [0, 0.1) is 6.92 Å². The van der Waals surface area contributed by atoms with Gasteiger partial charge in [0.05, 0.1) is 16.9 Å². The van der Waals surface area contributed by atoms with Gasteiger partial charge in [-0.05, 0) is 30.2 Å². The highest BCUT2D eigenvalue weighted by molar-refractivity contribution is 7.89. The lowest BCUT2D eigenvalue weighted by atomic mass is 9.82. The molecule has 0 fully saturated rings. The number of benzene rings is 4. The number of hydrogen-bond acceptors (Lipinski definition) is 3. The van der Waals surface area contributed by atoms with E-state index in [1.165, 1.54) is 0 Å². The number of carbonyl (C=O) groups is 1. The van der Waals surface area contributed by atoms with E-state index >= 15 is 0 Å². The van der Waals surface area contributed by atoms with Gasteiger partial charge in [-0.2, -0.15) is 0 Å². The maximum absolute atomic E-state index is 13.8. The number of aryl methyl sites for hydroxylation is 1. The SMILES string of the molecule is Cc1ccc(S(=O)(=O)N[C@H](c2ccccc2)[C@@H](C(=O)c2ccccc2)c2ccccc2)cc1. The first-order chi connectivity index (χ1) is 16.0. The van der Waals surface area contributed by atoms with Gasteiger partial charge in [-0.3, -0.25) is 4.79 Å². The summed E-state index contributed by atoms with van der Waals surface area (Å²) in [4.78, 5) is 14.0. The minimum atomic E-state index is -3.90. The number of Topliss-reactive ketones (excluding diaryl/α,β-unsaturated/α-hetero) is 1. The van der Waals surface area contributed by atoms with E-state index in [0.29, 0.717) is 11.1 Å². The average Bonchev–Trinajstić information content (AvgIpc) is 2.85. The Balaban J connectivity index is 1.84. The van der Waals surface area contributed by atoms with Crippen molar-refractivity contribution in [2.75, 3.05) is 0 Å². The molecule has 0 bridgehead atoms. The fourth-order valence-corrected chi connectivity index (χ4v) is 5.12. The molecule has 1 N–H and O–H groups in total. The van der Waals surface area contributed by atoms with E-state index in [2.05, 4.69) is 4.72 Å². The molecule has 166 valence electrons. The fraction of sp³-hybridized carbons (Fsp3) is 0.107. The Hall–Kier alpha value is -3.54. The second kappa shape index (κ2) is 9.94. The van der Waals surface area contributed by atoms with Gasteiger partial charge in [0, 0.05) is 5.56 Å². The minimum Gasteiger partial charge on any atom is -0.293 e. The van der Waals surface area contributed by atoms with Crippen LogP contribution in [0.2, 0.25) is 0 Å². The van der Waals surface area contributed by atoms with Gasteiger partial charge in [-0.1, -0.05) is 109 Å². The van der Waals surface area contributed by atoms with Crippen molar-refractivity contribution in [1.29, 1.82) is 0 Å². The van der Waals surface area contributed by atoms with Crippen LogP contribution in [-0.2, 0) is 10.0 Å². The molecule has 5 heteroatoms. The first kappa shape index (κ1) is 22.6. The van der Waals surface area contributed by atoms with Gasteiger partial charge in [0.1, 0.15) is 0 Å². The Kier molecular flexibility index (Phi) is 6.82. The third kappa shape index (κ3) is 5.28. The monoisotopic (exact) mass is 455 g/mol. The van der Waals surface area contributed by atoms with Crippen molar-refractivity contribution in [3.63, 3.8) is 0 Å². The molecule has 2 atom stereocenters. The predicted molar refractivity (Wildman–Crippen MR) is 131 cm³/mol. The maximum Gasteiger partial charge on any atom is 0.241 e. The number of sulfonamides is 1. The van der Waals surface area contributed by atoms with Gasteiger partial charge in [0.2, 0.25) is 10.0 Å². The van der Waals surface area contributed by atoms with E-state index in [0.717, 1.165) is 11.1 Å². The number of hydrogen-bond donors (Lipinski definition) is 1. The summed E-state index contributed by atoms with van der Waals surface area (Å²) in [5.41, 5.74) is 2.95. The zero-order valence-corrected chi connectivity index (χ0v) is 19.1. The van der Waals surface area contributed by atoms with Gasteiger partial charge in [-0.15, -0.1) is 0 Å². The Morgan fingerprint density at radius 2 is 1.15 bits per heavy atom. The van der Waals surface area contributed by atoms with Crippen LogP contribution in [-0.4, -0.2) is 14.2 Å². The molecule has 0 unspecified atom stereocenters. The molecular weight excluding hydrogens is 430 g/mol. The number of ketones is 1. The van der Waals surface area contributed by atoms with E-state index in [-0.39, 0.29) is 10.7 Å². The molecule has 0 radical (unpaired) electrons. The molecule has 0 heterocycles. The number of nitrogens with one attached hydrogen (secondary N) is 1. The van der Waals surface area contributed by atoms with E-state index in [9.17, 15) is 13.2 Å². The summed E-state index contributed by atoms with van der Waals surface area (Å²) in [7, 11) is -3.90. The van der Waals surface area contributed by atoms with Crippen molar-refractivity contribution in [3.05, 3.63) is 138 Å². The number of carbonyl (C=O) groups excluding carboxylic acids is 1. The van der Waals surface area contributed by atoms with Crippen LogP contribution in [0.3, 0.4) is 0 Å². The molecule has 4 aromatic carbocycles. The highest BCUT2D eigenvalue weighted by atomic mass is 32.2. The van der Waals surface area contributed by atoms with Crippen LogP contribution in [0.15, 0.2) is 120 Å². The van der Waals surface area contributed by atoms with E-state index in [1.807, 2.05) is 85.8 Å². The summed E-state index contributed by atoms with van der Waals surface area (Å²) in [6.07, 6.45) is 0. The largest absolute Gasteiger partial charge is 0.293 e. The van der Waals surface area contributed by atoms with Crippen LogP contribution in [0.5, 0.6) is 0 Å². The van der Waals surface area contributed by atoms with Gasteiger partial charge in [0.15, 0.2) is 5.78 Å².